The molecule has 0 fully saturated rings. The van der Waals surface area contributed by atoms with Crippen LogP contribution in [0.2, 0.25) is 0 Å². The van der Waals surface area contributed by atoms with Crippen LogP contribution in [0.5, 0.6) is 6.01 Å². The van der Waals surface area contributed by atoms with E-state index < -0.39 is 0 Å². The molecule has 0 aliphatic carbocycles. The van der Waals surface area contributed by atoms with Crippen LogP contribution < -0.4 is 10.1 Å². The van der Waals surface area contributed by atoms with Gasteiger partial charge < -0.3 is 10.1 Å². The molecule has 2 rings (SSSR count). The fraction of sp³-hybridized carbons (Fsp3) is 0.417. The molecular formula is C12H17N5O. The highest BCUT2D eigenvalue weighted by atomic mass is 16.5. The largest absolute Gasteiger partial charge is 0.467 e. The van der Waals surface area contributed by atoms with Crippen LogP contribution in [-0.2, 0) is 6.54 Å². The van der Waals surface area contributed by atoms with Crippen molar-refractivity contribution in [2.45, 2.75) is 27.3 Å². The lowest BCUT2D eigenvalue weighted by atomic mass is 10.2. The van der Waals surface area contributed by atoms with Crippen molar-refractivity contribution >= 4 is 5.82 Å². The van der Waals surface area contributed by atoms with E-state index in [0.717, 1.165) is 22.9 Å². The van der Waals surface area contributed by atoms with Gasteiger partial charge in [0.2, 0.25) is 0 Å². The van der Waals surface area contributed by atoms with Crippen molar-refractivity contribution in [3.05, 3.63) is 28.7 Å². The minimum atomic E-state index is 0.368. The first-order chi connectivity index (χ1) is 8.60. The Bertz CT molecular complexity index is 549. The number of rotatable bonds is 4. The van der Waals surface area contributed by atoms with E-state index in [4.69, 9.17) is 4.74 Å². The molecule has 2 aromatic rings. The van der Waals surface area contributed by atoms with Crippen LogP contribution in [0.1, 0.15) is 22.6 Å². The predicted octanol–water partition coefficient (Wildman–Crippen LogP) is 1.75. The molecule has 0 radical (unpaired) electrons. The third-order valence-corrected chi connectivity index (χ3v) is 2.81. The van der Waals surface area contributed by atoms with E-state index in [1.54, 1.807) is 7.11 Å². The maximum Gasteiger partial charge on any atom is 0.318 e. The standard InChI is InChI=1S/C12H17N5O/c1-7-5-11(15-12(14-7)18-4)13-6-10-8(2)9(3)16-17-10/h5H,6H2,1-4H3,(H,16,17)(H,13,14,15). The van der Waals surface area contributed by atoms with Gasteiger partial charge in [-0.1, -0.05) is 0 Å². The van der Waals surface area contributed by atoms with Gasteiger partial charge in [-0.05, 0) is 26.3 Å². The number of nitrogens with one attached hydrogen (secondary N) is 2. The average Bonchev–Trinajstić information content (AvgIpc) is 2.67. The maximum absolute atomic E-state index is 5.03. The normalized spacial score (nSPS) is 10.4. The zero-order valence-corrected chi connectivity index (χ0v) is 11.0. The first-order valence-corrected chi connectivity index (χ1v) is 5.74. The van der Waals surface area contributed by atoms with E-state index in [1.807, 2.05) is 26.8 Å². The lowest BCUT2D eigenvalue weighted by Gasteiger charge is -2.06. The number of H-pyrrole nitrogens is 1. The van der Waals surface area contributed by atoms with Crippen molar-refractivity contribution in [1.82, 2.24) is 20.2 Å². The van der Waals surface area contributed by atoms with E-state index in [0.29, 0.717) is 12.6 Å². The molecule has 6 nitrogen and oxygen atoms in total. The fourth-order valence-corrected chi connectivity index (χ4v) is 1.61. The SMILES string of the molecule is COc1nc(C)cc(NCc2n[nH]c(C)c2C)n1. The number of ether oxygens (including phenoxy) is 1. The first kappa shape index (κ1) is 12.3. The summed E-state index contributed by atoms with van der Waals surface area (Å²) in [5.74, 6) is 0.736. The third-order valence-electron chi connectivity index (χ3n) is 2.81. The zero-order chi connectivity index (χ0) is 13.1. The zero-order valence-electron chi connectivity index (χ0n) is 11.0. The Morgan fingerprint density at radius 3 is 2.67 bits per heavy atom. The van der Waals surface area contributed by atoms with Crippen LogP contribution in [0.15, 0.2) is 6.07 Å². The number of aryl methyl sites for hydroxylation is 2. The number of hydrogen-bond donors (Lipinski definition) is 2. The summed E-state index contributed by atoms with van der Waals surface area (Å²) < 4.78 is 5.03. The number of hydrogen-bond acceptors (Lipinski definition) is 5. The molecule has 0 saturated heterocycles. The average molecular weight is 247 g/mol. The molecule has 0 atom stereocenters. The van der Waals surface area contributed by atoms with Crippen molar-refractivity contribution in [2.75, 3.05) is 12.4 Å². The predicted molar refractivity (Wildman–Crippen MR) is 68.7 cm³/mol. The van der Waals surface area contributed by atoms with E-state index in [9.17, 15) is 0 Å². The van der Waals surface area contributed by atoms with Gasteiger partial charge in [0.1, 0.15) is 5.82 Å². The molecule has 0 unspecified atom stereocenters. The van der Waals surface area contributed by atoms with Crippen LogP contribution in [-0.4, -0.2) is 27.3 Å². The lowest BCUT2D eigenvalue weighted by molar-refractivity contribution is 0.379. The van der Waals surface area contributed by atoms with E-state index in [-0.39, 0.29) is 0 Å². The van der Waals surface area contributed by atoms with Gasteiger partial charge in [0.05, 0.1) is 19.3 Å². The molecule has 6 heteroatoms. The Morgan fingerprint density at radius 1 is 1.28 bits per heavy atom. The van der Waals surface area contributed by atoms with E-state index >= 15 is 0 Å². The molecule has 2 heterocycles. The van der Waals surface area contributed by atoms with Gasteiger partial charge in [-0.2, -0.15) is 10.1 Å². The summed E-state index contributed by atoms with van der Waals surface area (Å²) in [6.07, 6.45) is 0. The molecule has 0 saturated carbocycles. The molecule has 0 aliphatic heterocycles. The number of nitrogens with zero attached hydrogens (tertiary/aromatic N) is 3. The monoisotopic (exact) mass is 247 g/mol. The minimum Gasteiger partial charge on any atom is -0.467 e. The summed E-state index contributed by atoms with van der Waals surface area (Å²) >= 11 is 0. The molecular weight excluding hydrogens is 230 g/mol. The third kappa shape index (κ3) is 2.58. The molecule has 0 bridgehead atoms. The van der Waals surface area contributed by atoms with Crippen LogP contribution in [0.25, 0.3) is 0 Å². The van der Waals surface area contributed by atoms with Gasteiger partial charge in [-0.25, -0.2) is 4.98 Å². The molecule has 2 N–H and O–H groups in total. The molecule has 0 aliphatic rings. The number of anilines is 1. The summed E-state index contributed by atoms with van der Waals surface area (Å²) in [5.41, 5.74) is 4.10. The van der Waals surface area contributed by atoms with Gasteiger partial charge >= 0.3 is 6.01 Å². The second kappa shape index (κ2) is 5.03. The second-order valence-corrected chi connectivity index (χ2v) is 4.16. The summed E-state index contributed by atoms with van der Waals surface area (Å²) in [6, 6.07) is 2.24. The number of aromatic nitrogens is 4. The van der Waals surface area contributed by atoms with Crippen molar-refractivity contribution in [3.8, 4) is 6.01 Å². The van der Waals surface area contributed by atoms with Crippen LogP contribution >= 0.6 is 0 Å². The molecule has 0 amide bonds. The van der Waals surface area contributed by atoms with Crippen molar-refractivity contribution in [2.24, 2.45) is 0 Å². The van der Waals surface area contributed by atoms with E-state index in [1.165, 1.54) is 5.56 Å². The summed E-state index contributed by atoms with van der Waals surface area (Å²) in [6.45, 7) is 6.57. The summed E-state index contributed by atoms with van der Waals surface area (Å²) in [7, 11) is 1.56. The highest BCUT2D eigenvalue weighted by Crippen LogP contribution is 2.13. The van der Waals surface area contributed by atoms with Crippen molar-refractivity contribution in [3.63, 3.8) is 0 Å². The topological polar surface area (TPSA) is 75.7 Å². The van der Waals surface area contributed by atoms with Gasteiger partial charge in [-0.3, -0.25) is 5.10 Å². The van der Waals surface area contributed by atoms with Crippen LogP contribution in [0, 0.1) is 20.8 Å². The summed E-state index contributed by atoms with van der Waals surface area (Å²) in [5, 5.41) is 10.4. The van der Waals surface area contributed by atoms with E-state index in [2.05, 4.69) is 25.5 Å². The number of methoxy groups -OCH3 is 1. The van der Waals surface area contributed by atoms with Gasteiger partial charge in [0, 0.05) is 17.5 Å². The minimum absolute atomic E-state index is 0.368. The molecule has 0 aromatic carbocycles. The molecule has 96 valence electrons. The van der Waals surface area contributed by atoms with Crippen LogP contribution in [0.4, 0.5) is 5.82 Å². The Morgan fingerprint density at radius 2 is 2.06 bits per heavy atom. The molecule has 18 heavy (non-hydrogen) atoms. The molecule has 0 spiro atoms. The lowest BCUT2D eigenvalue weighted by Crippen LogP contribution is -2.05. The molecule has 2 aromatic heterocycles. The van der Waals surface area contributed by atoms with Gasteiger partial charge in [-0.15, -0.1) is 0 Å². The second-order valence-electron chi connectivity index (χ2n) is 4.16. The Balaban J connectivity index is 2.10. The summed E-state index contributed by atoms with van der Waals surface area (Å²) in [4.78, 5) is 8.36. The number of aromatic amines is 1. The Labute approximate surface area is 106 Å². The maximum atomic E-state index is 5.03. The highest BCUT2D eigenvalue weighted by molar-refractivity contribution is 5.38. The Kier molecular flexibility index (Phi) is 3.45. The first-order valence-electron chi connectivity index (χ1n) is 5.74. The van der Waals surface area contributed by atoms with Gasteiger partial charge in [0.25, 0.3) is 0 Å². The van der Waals surface area contributed by atoms with Crippen LogP contribution in [0.3, 0.4) is 0 Å². The quantitative estimate of drug-likeness (QED) is 0.860. The van der Waals surface area contributed by atoms with Crippen molar-refractivity contribution in [1.29, 1.82) is 0 Å². The fourth-order valence-electron chi connectivity index (χ4n) is 1.61. The van der Waals surface area contributed by atoms with Gasteiger partial charge in [0.15, 0.2) is 0 Å². The Hall–Kier alpha value is -2.11. The highest BCUT2D eigenvalue weighted by Gasteiger charge is 2.06. The van der Waals surface area contributed by atoms with Crippen molar-refractivity contribution < 1.29 is 4.74 Å². The smallest absolute Gasteiger partial charge is 0.318 e.